The maximum atomic E-state index is 12.5. The van der Waals surface area contributed by atoms with Crippen LogP contribution in [-0.4, -0.2) is 5.78 Å². The number of benzene rings is 2. The van der Waals surface area contributed by atoms with Gasteiger partial charge in [-0.05, 0) is 17.2 Å². The van der Waals surface area contributed by atoms with Gasteiger partial charge in [0.25, 0.3) is 0 Å². The molecule has 1 aliphatic rings. The summed E-state index contributed by atoms with van der Waals surface area (Å²) in [6, 6.07) is 13.7. The van der Waals surface area contributed by atoms with E-state index in [0.717, 1.165) is 26.7 Å². The van der Waals surface area contributed by atoms with Crippen LogP contribution in [0.15, 0.2) is 46.9 Å². The molecule has 2 aromatic carbocycles. The molecule has 0 N–H and O–H groups in total. The minimum absolute atomic E-state index is 0.126. The maximum Gasteiger partial charge on any atom is 0.193 e. The Morgan fingerprint density at radius 2 is 1.61 bits per heavy atom. The van der Waals surface area contributed by atoms with Gasteiger partial charge in [0.2, 0.25) is 0 Å². The third kappa shape index (κ3) is 1.42. The van der Waals surface area contributed by atoms with E-state index in [1.807, 2.05) is 36.4 Å². The van der Waals surface area contributed by atoms with Crippen molar-refractivity contribution in [1.82, 2.24) is 0 Å². The Labute approximate surface area is 115 Å². The number of carbonyl (C=O) groups excluding carboxylic acids is 1. The molecule has 0 unspecified atom stereocenters. The van der Waals surface area contributed by atoms with E-state index < -0.39 is 0 Å². The van der Waals surface area contributed by atoms with Gasteiger partial charge in [0, 0.05) is 21.0 Å². The average Bonchev–Trinajstić information content (AvgIpc) is 2.36. The first-order valence-electron chi connectivity index (χ1n) is 5.96. The highest BCUT2D eigenvalue weighted by Gasteiger charge is 2.37. The Morgan fingerprint density at radius 1 is 0.944 bits per heavy atom. The van der Waals surface area contributed by atoms with Crippen LogP contribution in [0.5, 0.6) is 0 Å². The lowest BCUT2D eigenvalue weighted by molar-refractivity contribution is 0.103. The zero-order valence-electron chi connectivity index (χ0n) is 10.3. The second-order valence-electron chi connectivity index (χ2n) is 5.16. The van der Waals surface area contributed by atoms with Gasteiger partial charge in [0.1, 0.15) is 0 Å². The van der Waals surface area contributed by atoms with Crippen LogP contribution >= 0.6 is 15.9 Å². The Kier molecular flexibility index (Phi) is 2.46. The Bertz CT molecular complexity index is 656. The summed E-state index contributed by atoms with van der Waals surface area (Å²) in [4.78, 5) is 12.5. The highest BCUT2D eigenvalue weighted by molar-refractivity contribution is 9.10. The molecule has 0 radical (unpaired) electrons. The van der Waals surface area contributed by atoms with Gasteiger partial charge in [-0.2, -0.15) is 0 Å². The fraction of sp³-hybridized carbons (Fsp3) is 0.188. The van der Waals surface area contributed by atoms with E-state index >= 15 is 0 Å². The summed E-state index contributed by atoms with van der Waals surface area (Å²) in [7, 11) is 0. The number of rotatable bonds is 0. The molecule has 0 amide bonds. The van der Waals surface area contributed by atoms with Crippen molar-refractivity contribution in [3.8, 4) is 0 Å². The summed E-state index contributed by atoms with van der Waals surface area (Å²) in [6.07, 6.45) is 0. The third-order valence-corrected chi connectivity index (χ3v) is 4.39. The molecule has 0 saturated carbocycles. The first-order chi connectivity index (χ1) is 8.53. The lowest BCUT2D eigenvalue weighted by Gasteiger charge is -2.35. The van der Waals surface area contributed by atoms with Crippen molar-refractivity contribution in [1.29, 1.82) is 0 Å². The molecule has 0 aromatic heterocycles. The van der Waals surface area contributed by atoms with Crippen molar-refractivity contribution in [2.45, 2.75) is 19.3 Å². The van der Waals surface area contributed by atoms with Crippen LogP contribution in [0.4, 0.5) is 0 Å². The summed E-state index contributed by atoms with van der Waals surface area (Å²) in [5.41, 5.74) is 3.68. The van der Waals surface area contributed by atoms with Crippen molar-refractivity contribution in [3.05, 3.63) is 69.2 Å². The summed E-state index contributed by atoms with van der Waals surface area (Å²) in [5.74, 6) is 0.126. The van der Waals surface area contributed by atoms with E-state index in [-0.39, 0.29) is 11.2 Å². The summed E-state index contributed by atoms with van der Waals surface area (Å²) >= 11 is 3.58. The van der Waals surface area contributed by atoms with E-state index in [1.165, 1.54) is 0 Å². The second-order valence-corrected chi connectivity index (χ2v) is 6.02. The van der Waals surface area contributed by atoms with Crippen LogP contribution in [0.2, 0.25) is 0 Å². The van der Waals surface area contributed by atoms with Gasteiger partial charge in [-0.1, -0.05) is 66.2 Å². The molecule has 18 heavy (non-hydrogen) atoms. The number of fused-ring (bicyclic) bond motifs is 2. The molecule has 90 valence electrons. The number of hydrogen-bond donors (Lipinski definition) is 0. The monoisotopic (exact) mass is 300 g/mol. The van der Waals surface area contributed by atoms with Crippen LogP contribution in [-0.2, 0) is 5.41 Å². The van der Waals surface area contributed by atoms with Gasteiger partial charge >= 0.3 is 0 Å². The Balaban J connectivity index is 2.41. The summed E-state index contributed by atoms with van der Waals surface area (Å²) in [6.45, 7) is 4.34. The molecule has 0 aliphatic heterocycles. The molecule has 0 fully saturated rings. The van der Waals surface area contributed by atoms with Crippen LogP contribution in [0.25, 0.3) is 0 Å². The molecule has 2 heteroatoms. The Hall–Kier alpha value is -1.41. The summed E-state index contributed by atoms with van der Waals surface area (Å²) < 4.78 is 1.01. The van der Waals surface area contributed by atoms with Crippen molar-refractivity contribution in [2.24, 2.45) is 0 Å². The molecule has 0 bridgehead atoms. The molecule has 2 aromatic rings. The van der Waals surface area contributed by atoms with Crippen LogP contribution in [0, 0.1) is 0 Å². The molecule has 0 saturated heterocycles. The van der Waals surface area contributed by atoms with Crippen molar-refractivity contribution >= 4 is 21.7 Å². The minimum atomic E-state index is -0.153. The predicted molar refractivity (Wildman–Crippen MR) is 76.1 cm³/mol. The highest BCUT2D eigenvalue weighted by atomic mass is 79.9. The van der Waals surface area contributed by atoms with Gasteiger partial charge in [0.15, 0.2) is 5.78 Å². The number of hydrogen-bond acceptors (Lipinski definition) is 1. The summed E-state index contributed by atoms with van der Waals surface area (Å²) in [5, 5.41) is 0. The van der Waals surface area contributed by atoms with E-state index in [9.17, 15) is 4.79 Å². The number of ketones is 1. The second kappa shape index (κ2) is 3.79. The molecular weight excluding hydrogens is 288 g/mol. The first kappa shape index (κ1) is 11.7. The number of carbonyl (C=O) groups is 1. The van der Waals surface area contributed by atoms with Crippen molar-refractivity contribution in [2.75, 3.05) is 0 Å². The average molecular weight is 301 g/mol. The Morgan fingerprint density at radius 3 is 2.39 bits per heavy atom. The van der Waals surface area contributed by atoms with Gasteiger partial charge < -0.3 is 0 Å². The molecule has 3 rings (SSSR count). The van der Waals surface area contributed by atoms with Crippen LogP contribution in [0.1, 0.15) is 40.9 Å². The van der Waals surface area contributed by atoms with Crippen molar-refractivity contribution in [3.63, 3.8) is 0 Å². The zero-order chi connectivity index (χ0) is 12.9. The predicted octanol–water partition coefficient (Wildman–Crippen LogP) is 4.32. The van der Waals surface area contributed by atoms with Gasteiger partial charge in [-0.25, -0.2) is 0 Å². The van der Waals surface area contributed by atoms with E-state index in [1.54, 1.807) is 0 Å². The lowest BCUT2D eigenvalue weighted by Crippen LogP contribution is -2.30. The number of halogens is 1. The molecule has 0 spiro atoms. The normalized spacial score (nSPS) is 16.1. The largest absolute Gasteiger partial charge is 0.289 e. The standard InChI is InChI=1S/C16H13BrO/c1-16(2)12-8-4-3-6-10(12)15(18)11-7-5-9-13(17)14(11)16/h3-9H,1-2H3. The molecular formula is C16H13BrO. The van der Waals surface area contributed by atoms with Gasteiger partial charge in [0.05, 0.1) is 0 Å². The molecule has 0 atom stereocenters. The fourth-order valence-corrected chi connectivity index (χ4v) is 3.72. The van der Waals surface area contributed by atoms with Gasteiger partial charge in [-0.15, -0.1) is 0 Å². The maximum absolute atomic E-state index is 12.5. The van der Waals surface area contributed by atoms with E-state index in [0.29, 0.717) is 0 Å². The molecule has 1 nitrogen and oxygen atoms in total. The first-order valence-corrected chi connectivity index (χ1v) is 6.76. The van der Waals surface area contributed by atoms with Crippen LogP contribution in [0.3, 0.4) is 0 Å². The minimum Gasteiger partial charge on any atom is -0.289 e. The molecule has 1 aliphatic carbocycles. The van der Waals surface area contributed by atoms with Crippen LogP contribution < -0.4 is 0 Å². The lowest BCUT2D eigenvalue weighted by atomic mass is 9.68. The zero-order valence-corrected chi connectivity index (χ0v) is 11.9. The molecule has 0 heterocycles. The van der Waals surface area contributed by atoms with E-state index in [4.69, 9.17) is 0 Å². The van der Waals surface area contributed by atoms with Gasteiger partial charge in [-0.3, -0.25) is 4.79 Å². The topological polar surface area (TPSA) is 17.1 Å². The third-order valence-electron chi connectivity index (χ3n) is 3.73. The van der Waals surface area contributed by atoms with Crippen molar-refractivity contribution < 1.29 is 4.79 Å². The SMILES string of the molecule is CC1(C)c2ccccc2C(=O)c2cccc(Br)c21. The van der Waals surface area contributed by atoms with E-state index in [2.05, 4.69) is 35.8 Å². The fourth-order valence-electron chi connectivity index (χ4n) is 2.85. The highest BCUT2D eigenvalue weighted by Crippen LogP contribution is 2.44. The smallest absolute Gasteiger partial charge is 0.193 e. The quantitative estimate of drug-likeness (QED) is 0.708.